The van der Waals surface area contributed by atoms with Crippen molar-refractivity contribution < 1.29 is 0 Å². The number of rotatable bonds is 7. The van der Waals surface area contributed by atoms with Crippen molar-refractivity contribution in [1.82, 2.24) is 20.0 Å². The van der Waals surface area contributed by atoms with Gasteiger partial charge in [0.15, 0.2) is 0 Å². The number of hydrogen-bond acceptors (Lipinski definition) is 3. The van der Waals surface area contributed by atoms with E-state index < -0.39 is 0 Å². The van der Waals surface area contributed by atoms with Gasteiger partial charge in [0, 0.05) is 25.7 Å². The number of piperidine rings is 1. The first-order valence-electron chi connectivity index (χ1n) is 8.40. The molecule has 1 aliphatic heterocycles. The molecule has 2 heterocycles. The second kappa shape index (κ2) is 8.16. The molecule has 1 aromatic rings. The number of likely N-dealkylation sites (tertiary alicyclic amines) is 1. The van der Waals surface area contributed by atoms with E-state index in [2.05, 4.69) is 40.8 Å². The Labute approximate surface area is 133 Å². The molecule has 1 aromatic heterocycles. The normalized spacial score (nSPS) is 20.1. The van der Waals surface area contributed by atoms with Gasteiger partial charge in [0.05, 0.1) is 16.4 Å². The lowest BCUT2D eigenvalue weighted by Crippen LogP contribution is -2.45. The molecule has 1 N–H and O–H groups in total. The number of aromatic nitrogens is 2. The lowest BCUT2D eigenvalue weighted by molar-refractivity contribution is 0.134. The van der Waals surface area contributed by atoms with Gasteiger partial charge in [0.1, 0.15) is 0 Å². The van der Waals surface area contributed by atoms with Gasteiger partial charge in [0.2, 0.25) is 0 Å². The third-order valence-electron chi connectivity index (χ3n) is 4.43. The molecular weight excluding hydrogens is 284 g/mol. The first-order chi connectivity index (χ1) is 10.2. The first-order valence-corrected chi connectivity index (χ1v) is 8.77. The zero-order chi connectivity index (χ0) is 15.2. The molecule has 1 atom stereocenters. The van der Waals surface area contributed by atoms with Crippen molar-refractivity contribution in [3.8, 4) is 0 Å². The predicted octanol–water partition coefficient (Wildman–Crippen LogP) is 3.08. The number of aryl methyl sites for hydroxylation is 2. The molecule has 0 amide bonds. The molecule has 1 aliphatic rings. The van der Waals surface area contributed by atoms with Gasteiger partial charge in [-0.25, -0.2) is 0 Å². The van der Waals surface area contributed by atoms with Crippen LogP contribution in [-0.4, -0.2) is 40.4 Å². The number of halogens is 1. The summed E-state index contributed by atoms with van der Waals surface area (Å²) in [5, 5.41) is 9.02. The molecule has 2 rings (SSSR count). The van der Waals surface area contributed by atoms with E-state index in [1.165, 1.54) is 31.5 Å². The van der Waals surface area contributed by atoms with Crippen molar-refractivity contribution in [3.05, 3.63) is 16.4 Å². The monoisotopic (exact) mass is 312 g/mol. The molecule has 4 nitrogen and oxygen atoms in total. The van der Waals surface area contributed by atoms with E-state index in [4.69, 9.17) is 11.6 Å². The van der Waals surface area contributed by atoms with Gasteiger partial charge in [-0.2, -0.15) is 5.10 Å². The average molecular weight is 313 g/mol. The maximum Gasteiger partial charge on any atom is 0.0863 e. The summed E-state index contributed by atoms with van der Waals surface area (Å²) >= 11 is 6.55. The molecule has 0 spiro atoms. The Morgan fingerprint density at radius 3 is 2.76 bits per heavy atom. The minimum atomic E-state index is 0.625. The van der Waals surface area contributed by atoms with Crippen LogP contribution in [0.2, 0.25) is 5.02 Å². The minimum Gasteiger partial charge on any atom is -0.315 e. The first kappa shape index (κ1) is 16.8. The smallest absolute Gasteiger partial charge is 0.0863 e. The highest BCUT2D eigenvalue weighted by atomic mass is 35.5. The molecule has 0 saturated carbocycles. The van der Waals surface area contributed by atoms with Gasteiger partial charge in [-0.05, 0) is 39.3 Å². The molecule has 0 aliphatic carbocycles. The summed E-state index contributed by atoms with van der Waals surface area (Å²) in [5.74, 6) is 0. The molecule has 0 radical (unpaired) electrons. The Kier molecular flexibility index (Phi) is 6.52. The topological polar surface area (TPSA) is 33.1 Å². The second-order valence-electron chi connectivity index (χ2n) is 5.80. The van der Waals surface area contributed by atoms with Crippen LogP contribution >= 0.6 is 11.6 Å². The Hall–Kier alpha value is -0.580. The third-order valence-corrected chi connectivity index (χ3v) is 4.86. The summed E-state index contributed by atoms with van der Waals surface area (Å²) in [5.41, 5.74) is 2.23. The predicted molar refractivity (Wildman–Crippen MR) is 88.9 cm³/mol. The standard InChI is InChI=1S/C16H29ClN4/c1-4-14-16(17)15(21(6-3)19-14)12-20-10-8-7-9-13(20)11-18-5-2/h13,18H,4-12H2,1-3H3. The molecular formula is C16H29ClN4. The highest BCUT2D eigenvalue weighted by Gasteiger charge is 2.25. The SMILES string of the molecule is CCNCC1CCCCN1Cc1c(Cl)c(CC)nn1CC. The van der Waals surface area contributed by atoms with Crippen molar-refractivity contribution in [2.45, 2.75) is 65.6 Å². The Bertz CT molecular complexity index is 444. The van der Waals surface area contributed by atoms with Gasteiger partial charge in [-0.3, -0.25) is 9.58 Å². The van der Waals surface area contributed by atoms with Crippen LogP contribution in [0, 0.1) is 0 Å². The maximum absolute atomic E-state index is 6.55. The highest BCUT2D eigenvalue weighted by Crippen LogP contribution is 2.26. The van der Waals surface area contributed by atoms with Crippen LogP contribution < -0.4 is 5.32 Å². The van der Waals surface area contributed by atoms with Gasteiger partial charge in [-0.15, -0.1) is 0 Å². The van der Waals surface area contributed by atoms with Crippen molar-refractivity contribution in [1.29, 1.82) is 0 Å². The molecule has 1 saturated heterocycles. The maximum atomic E-state index is 6.55. The van der Waals surface area contributed by atoms with Gasteiger partial charge in [-0.1, -0.05) is 31.9 Å². The lowest BCUT2D eigenvalue weighted by atomic mass is 10.0. The summed E-state index contributed by atoms with van der Waals surface area (Å²) < 4.78 is 2.08. The molecule has 21 heavy (non-hydrogen) atoms. The van der Waals surface area contributed by atoms with E-state index in [0.29, 0.717) is 6.04 Å². The van der Waals surface area contributed by atoms with Crippen LogP contribution in [0.5, 0.6) is 0 Å². The van der Waals surface area contributed by atoms with Crippen molar-refractivity contribution in [3.63, 3.8) is 0 Å². The van der Waals surface area contributed by atoms with Crippen molar-refractivity contribution >= 4 is 11.6 Å². The summed E-state index contributed by atoms with van der Waals surface area (Å²) in [4.78, 5) is 2.58. The summed E-state index contributed by atoms with van der Waals surface area (Å²) in [7, 11) is 0. The summed E-state index contributed by atoms with van der Waals surface area (Å²) in [6.07, 6.45) is 4.82. The lowest BCUT2D eigenvalue weighted by Gasteiger charge is -2.36. The van der Waals surface area contributed by atoms with E-state index in [0.717, 1.165) is 43.3 Å². The average Bonchev–Trinajstić information content (AvgIpc) is 2.82. The Morgan fingerprint density at radius 1 is 1.29 bits per heavy atom. The van der Waals surface area contributed by atoms with Crippen LogP contribution in [0.25, 0.3) is 0 Å². The second-order valence-corrected chi connectivity index (χ2v) is 6.18. The van der Waals surface area contributed by atoms with Crippen LogP contribution in [0.3, 0.4) is 0 Å². The zero-order valence-corrected chi connectivity index (χ0v) is 14.4. The van der Waals surface area contributed by atoms with Gasteiger partial charge < -0.3 is 5.32 Å². The van der Waals surface area contributed by atoms with Gasteiger partial charge in [0.25, 0.3) is 0 Å². The van der Waals surface area contributed by atoms with Gasteiger partial charge >= 0.3 is 0 Å². The van der Waals surface area contributed by atoms with E-state index >= 15 is 0 Å². The van der Waals surface area contributed by atoms with Crippen molar-refractivity contribution in [2.24, 2.45) is 0 Å². The molecule has 1 unspecified atom stereocenters. The number of hydrogen-bond donors (Lipinski definition) is 1. The number of likely N-dealkylation sites (N-methyl/N-ethyl adjacent to an activating group) is 1. The van der Waals surface area contributed by atoms with Crippen LogP contribution in [0.15, 0.2) is 0 Å². The molecule has 0 aromatic carbocycles. The zero-order valence-electron chi connectivity index (χ0n) is 13.7. The quantitative estimate of drug-likeness (QED) is 0.840. The largest absolute Gasteiger partial charge is 0.315 e. The highest BCUT2D eigenvalue weighted by molar-refractivity contribution is 6.31. The summed E-state index contributed by atoms with van der Waals surface area (Å²) in [6.45, 7) is 11.5. The fourth-order valence-electron chi connectivity index (χ4n) is 3.17. The van der Waals surface area contributed by atoms with Crippen LogP contribution in [-0.2, 0) is 19.5 Å². The molecule has 0 bridgehead atoms. The van der Waals surface area contributed by atoms with E-state index in [-0.39, 0.29) is 0 Å². The fourth-order valence-corrected chi connectivity index (χ4v) is 3.50. The molecule has 5 heteroatoms. The number of nitrogens with one attached hydrogen (secondary N) is 1. The van der Waals surface area contributed by atoms with Crippen LogP contribution in [0.1, 0.15) is 51.4 Å². The van der Waals surface area contributed by atoms with Crippen LogP contribution in [0.4, 0.5) is 0 Å². The Morgan fingerprint density at radius 2 is 2.10 bits per heavy atom. The summed E-state index contributed by atoms with van der Waals surface area (Å²) in [6, 6.07) is 0.625. The number of nitrogens with zero attached hydrogens (tertiary/aromatic N) is 3. The third kappa shape index (κ3) is 3.99. The fraction of sp³-hybridized carbons (Fsp3) is 0.812. The Balaban J connectivity index is 2.12. The van der Waals surface area contributed by atoms with Crippen molar-refractivity contribution in [2.75, 3.05) is 19.6 Å². The molecule has 120 valence electrons. The van der Waals surface area contributed by atoms with E-state index in [1.807, 2.05) is 0 Å². The van der Waals surface area contributed by atoms with E-state index in [1.54, 1.807) is 0 Å². The van der Waals surface area contributed by atoms with E-state index in [9.17, 15) is 0 Å². The minimum absolute atomic E-state index is 0.625. The molecule has 1 fully saturated rings.